The summed E-state index contributed by atoms with van der Waals surface area (Å²) in [6, 6.07) is 4.92. The lowest BCUT2D eigenvalue weighted by molar-refractivity contribution is 0.524. The van der Waals surface area contributed by atoms with Crippen LogP contribution in [0.25, 0.3) is 5.65 Å². The zero-order valence-electron chi connectivity index (χ0n) is 12.8. The van der Waals surface area contributed by atoms with Crippen molar-refractivity contribution in [1.29, 1.82) is 0 Å². The summed E-state index contributed by atoms with van der Waals surface area (Å²) in [7, 11) is -3.83. The van der Waals surface area contributed by atoms with Crippen LogP contribution in [0.3, 0.4) is 0 Å². The Morgan fingerprint density at radius 3 is 2.83 bits per heavy atom. The van der Waals surface area contributed by atoms with E-state index < -0.39 is 10.0 Å². The first-order chi connectivity index (χ1) is 11.5. The highest BCUT2D eigenvalue weighted by atomic mass is 35.5. The minimum Gasteiger partial charge on any atom is -0.288 e. The molecule has 126 valence electrons. The molecule has 0 unspecified atom stereocenters. The van der Waals surface area contributed by atoms with Crippen LogP contribution in [0.1, 0.15) is 29.6 Å². The summed E-state index contributed by atoms with van der Waals surface area (Å²) >= 11 is 7.60. The van der Waals surface area contributed by atoms with Gasteiger partial charge in [-0.15, -0.1) is 11.3 Å². The third-order valence-electron chi connectivity index (χ3n) is 3.98. The molecule has 0 bridgehead atoms. The molecule has 1 aliphatic rings. The van der Waals surface area contributed by atoms with Gasteiger partial charge >= 0.3 is 0 Å². The number of sulfonamides is 1. The van der Waals surface area contributed by atoms with Gasteiger partial charge in [-0.3, -0.25) is 4.40 Å². The number of halogens is 1. The molecule has 24 heavy (non-hydrogen) atoms. The fraction of sp³-hybridized carbons (Fsp3) is 0.333. The molecule has 3 aromatic rings. The Morgan fingerprint density at radius 2 is 2.17 bits per heavy atom. The minimum absolute atomic E-state index is 0.0290. The van der Waals surface area contributed by atoms with Gasteiger partial charge in [-0.1, -0.05) is 17.7 Å². The van der Waals surface area contributed by atoms with Crippen molar-refractivity contribution in [2.75, 3.05) is 0 Å². The summed E-state index contributed by atoms with van der Waals surface area (Å²) in [6.07, 6.45) is 3.63. The quantitative estimate of drug-likeness (QED) is 0.735. The lowest BCUT2D eigenvalue weighted by Gasteiger charge is -2.16. The summed E-state index contributed by atoms with van der Waals surface area (Å²) < 4.78 is 30.2. The number of aryl methyl sites for hydroxylation is 1. The second-order valence-corrected chi connectivity index (χ2v) is 8.78. The van der Waals surface area contributed by atoms with Gasteiger partial charge in [0, 0.05) is 17.3 Å². The van der Waals surface area contributed by atoms with Gasteiger partial charge in [0.05, 0.1) is 6.04 Å². The first-order valence-corrected chi connectivity index (χ1v) is 10.3. The van der Waals surface area contributed by atoms with Gasteiger partial charge in [0.1, 0.15) is 10.7 Å². The predicted molar refractivity (Wildman–Crippen MR) is 92.8 cm³/mol. The largest absolute Gasteiger partial charge is 0.288 e. The molecular formula is C15H15ClN4O2S2. The van der Waals surface area contributed by atoms with Crippen LogP contribution in [0.15, 0.2) is 34.8 Å². The SMILES string of the molecule is Cc1csc([C@@H](NS(=O)(=O)c2c(Cl)nc3ccccn23)C2CC2)n1. The zero-order chi connectivity index (χ0) is 16.9. The van der Waals surface area contributed by atoms with E-state index in [1.54, 1.807) is 24.4 Å². The number of fused-ring (bicyclic) bond motifs is 1. The molecule has 0 radical (unpaired) electrons. The highest BCUT2D eigenvalue weighted by Crippen LogP contribution is 2.42. The van der Waals surface area contributed by atoms with E-state index in [2.05, 4.69) is 14.7 Å². The molecule has 0 spiro atoms. The molecule has 1 saturated carbocycles. The number of hydrogen-bond donors (Lipinski definition) is 1. The molecule has 1 atom stereocenters. The highest BCUT2D eigenvalue weighted by molar-refractivity contribution is 7.89. The van der Waals surface area contributed by atoms with Crippen LogP contribution in [0.4, 0.5) is 0 Å². The number of thiazole rings is 1. The zero-order valence-corrected chi connectivity index (χ0v) is 15.2. The van der Waals surface area contributed by atoms with Crippen LogP contribution < -0.4 is 4.72 Å². The maximum Gasteiger partial charge on any atom is 0.260 e. The van der Waals surface area contributed by atoms with Gasteiger partial charge in [-0.2, -0.15) is 4.72 Å². The van der Waals surface area contributed by atoms with Gasteiger partial charge in [-0.25, -0.2) is 18.4 Å². The van der Waals surface area contributed by atoms with E-state index in [9.17, 15) is 8.42 Å². The Hall–Kier alpha value is -1.48. The minimum atomic E-state index is -3.83. The highest BCUT2D eigenvalue weighted by Gasteiger charge is 2.38. The molecule has 9 heteroatoms. The van der Waals surface area contributed by atoms with Crippen molar-refractivity contribution in [2.24, 2.45) is 5.92 Å². The fourth-order valence-electron chi connectivity index (χ4n) is 2.70. The second kappa shape index (κ2) is 5.80. The molecular weight excluding hydrogens is 368 g/mol. The number of nitrogens with zero attached hydrogens (tertiary/aromatic N) is 3. The smallest absolute Gasteiger partial charge is 0.260 e. The Morgan fingerprint density at radius 1 is 1.38 bits per heavy atom. The monoisotopic (exact) mass is 382 g/mol. The Bertz CT molecular complexity index is 1010. The molecule has 1 aliphatic carbocycles. The first-order valence-electron chi connectivity index (χ1n) is 7.52. The summed E-state index contributed by atoms with van der Waals surface area (Å²) in [6.45, 7) is 1.90. The van der Waals surface area contributed by atoms with Crippen LogP contribution in [0.5, 0.6) is 0 Å². The van der Waals surface area contributed by atoms with Crippen LogP contribution in [0.2, 0.25) is 5.15 Å². The van der Waals surface area contributed by atoms with E-state index in [1.165, 1.54) is 15.7 Å². The van der Waals surface area contributed by atoms with Crippen molar-refractivity contribution in [3.63, 3.8) is 0 Å². The molecule has 0 aromatic carbocycles. The van der Waals surface area contributed by atoms with Crippen LogP contribution >= 0.6 is 22.9 Å². The molecule has 1 N–H and O–H groups in total. The van der Waals surface area contributed by atoms with Crippen molar-refractivity contribution in [1.82, 2.24) is 19.1 Å². The molecule has 3 heterocycles. The van der Waals surface area contributed by atoms with Crippen LogP contribution in [-0.2, 0) is 10.0 Å². The van der Waals surface area contributed by atoms with Gasteiger partial charge in [0.2, 0.25) is 0 Å². The average molecular weight is 383 g/mol. The number of imidazole rings is 1. The summed E-state index contributed by atoms with van der Waals surface area (Å²) in [5.41, 5.74) is 1.39. The molecule has 0 amide bonds. The molecule has 4 rings (SSSR count). The topological polar surface area (TPSA) is 76.4 Å². The average Bonchev–Trinajstić information content (AvgIpc) is 3.18. The van der Waals surface area contributed by atoms with Crippen molar-refractivity contribution >= 4 is 38.6 Å². The van der Waals surface area contributed by atoms with Crippen LogP contribution in [0, 0.1) is 12.8 Å². The summed E-state index contributed by atoms with van der Waals surface area (Å²) in [5.74, 6) is 0.281. The van der Waals surface area contributed by atoms with Crippen molar-refractivity contribution < 1.29 is 8.42 Å². The van der Waals surface area contributed by atoms with E-state index in [0.717, 1.165) is 23.5 Å². The molecule has 3 aromatic heterocycles. The van der Waals surface area contributed by atoms with E-state index in [0.29, 0.717) is 5.65 Å². The number of aromatic nitrogens is 3. The number of hydrogen-bond acceptors (Lipinski definition) is 5. The van der Waals surface area contributed by atoms with E-state index in [-0.39, 0.29) is 22.1 Å². The van der Waals surface area contributed by atoms with Gasteiger partial charge < -0.3 is 0 Å². The Labute approximate surface area is 148 Å². The number of nitrogens with one attached hydrogen (secondary N) is 1. The van der Waals surface area contributed by atoms with E-state index >= 15 is 0 Å². The van der Waals surface area contributed by atoms with E-state index in [4.69, 9.17) is 11.6 Å². The lowest BCUT2D eigenvalue weighted by atomic mass is 10.2. The third-order valence-corrected chi connectivity index (χ3v) is 6.86. The third kappa shape index (κ3) is 2.83. The second-order valence-electron chi connectivity index (χ2n) is 5.90. The maximum absolute atomic E-state index is 13.0. The molecule has 6 nitrogen and oxygen atoms in total. The normalized spacial score (nSPS) is 16.6. The maximum atomic E-state index is 13.0. The van der Waals surface area contributed by atoms with Gasteiger partial charge in [-0.05, 0) is 37.8 Å². The van der Waals surface area contributed by atoms with Crippen LogP contribution in [-0.4, -0.2) is 22.8 Å². The first kappa shape index (κ1) is 16.0. The summed E-state index contributed by atoms with van der Waals surface area (Å²) in [4.78, 5) is 8.58. The fourth-order valence-corrected chi connectivity index (χ4v) is 5.63. The van der Waals surface area contributed by atoms with Crippen molar-refractivity contribution in [3.8, 4) is 0 Å². The van der Waals surface area contributed by atoms with Gasteiger partial charge in [0.15, 0.2) is 10.2 Å². The number of rotatable bonds is 5. The molecule has 1 fully saturated rings. The standard InChI is InChI=1S/C15H15ClN4O2S2/c1-9-8-23-14(17-9)12(10-5-6-10)19-24(21,22)15-13(16)18-11-4-2-3-7-20(11)15/h2-4,7-8,10,12,19H,5-6H2,1H3/t12-/m0/s1. The summed E-state index contributed by atoms with van der Waals surface area (Å²) in [5, 5.41) is 2.67. The Kier molecular flexibility index (Phi) is 3.87. The number of pyridine rings is 1. The molecule has 0 aliphatic heterocycles. The van der Waals surface area contributed by atoms with Gasteiger partial charge in [0.25, 0.3) is 10.0 Å². The van der Waals surface area contributed by atoms with E-state index in [1.807, 2.05) is 12.3 Å². The van der Waals surface area contributed by atoms with Crippen molar-refractivity contribution in [3.05, 3.63) is 45.6 Å². The lowest BCUT2D eigenvalue weighted by Crippen LogP contribution is -2.31. The Balaban J connectivity index is 1.75. The van der Waals surface area contributed by atoms with Crippen molar-refractivity contribution in [2.45, 2.75) is 30.8 Å². The predicted octanol–water partition coefficient (Wildman–Crippen LogP) is 3.18. The molecule has 0 saturated heterocycles.